The summed E-state index contributed by atoms with van der Waals surface area (Å²) in [4.78, 5) is 19.3. The Labute approximate surface area is 258 Å². The van der Waals surface area contributed by atoms with E-state index >= 15 is 0 Å². The average molecular weight is 649 g/mol. The number of nitrogens with one attached hydrogen (secondary N) is 2. The van der Waals surface area contributed by atoms with Crippen LogP contribution in [0.1, 0.15) is 34.8 Å². The first-order valence-electron chi connectivity index (χ1n) is 13.6. The van der Waals surface area contributed by atoms with Crippen LogP contribution in [0, 0.1) is 0 Å². The molecular weight excluding hydrogens is 618 g/mol. The van der Waals surface area contributed by atoms with Crippen LogP contribution < -0.4 is 15.6 Å². The largest absolute Gasteiger partial charge is 0.494 e. The van der Waals surface area contributed by atoms with Crippen molar-refractivity contribution in [3.05, 3.63) is 135 Å². The maximum Gasteiger partial charge on any atom is 0.266 e. The van der Waals surface area contributed by atoms with Crippen LogP contribution in [0.15, 0.2) is 113 Å². The summed E-state index contributed by atoms with van der Waals surface area (Å²) in [6.07, 6.45) is 0.170. The molecule has 42 heavy (non-hydrogen) atoms. The molecule has 0 saturated carbocycles. The normalized spacial score (nSPS) is 17.8. The molecule has 0 fully saturated rings. The van der Waals surface area contributed by atoms with Gasteiger partial charge in [-0.1, -0.05) is 82.1 Å². The Kier molecular flexibility index (Phi) is 9.92. The summed E-state index contributed by atoms with van der Waals surface area (Å²) in [5.41, 5.74) is 8.13. The van der Waals surface area contributed by atoms with Crippen LogP contribution in [0.5, 0.6) is 5.75 Å². The number of hydrogen-bond acceptors (Lipinski definition) is 6. The highest BCUT2D eigenvalue weighted by atomic mass is 79.9. The van der Waals surface area contributed by atoms with Crippen LogP contribution in [-0.2, 0) is 22.5 Å². The summed E-state index contributed by atoms with van der Waals surface area (Å²) in [6.45, 7) is 0.894. The van der Waals surface area contributed by atoms with Crippen LogP contribution in [0.25, 0.3) is 0 Å². The van der Waals surface area contributed by atoms with Crippen molar-refractivity contribution in [2.45, 2.75) is 31.0 Å². The summed E-state index contributed by atoms with van der Waals surface area (Å²) in [5.74, 6) is 0.732. The Balaban J connectivity index is 1.49. The second-order valence-corrected chi connectivity index (χ2v) is 11.3. The third kappa shape index (κ3) is 7.20. The number of hydrazine groups is 1. The quantitative estimate of drug-likeness (QED) is 0.126. The number of hydrogen-bond donors (Lipinski definition) is 3. The predicted octanol–water partition coefficient (Wildman–Crippen LogP) is 6.18. The van der Waals surface area contributed by atoms with Gasteiger partial charge in [0.25, 0.3) is 5.91 Å². The molecule has 3 N–H and O–H groups in total. The molecule has 0 unspecified atom stereocenters. The number of aliphatic hydroxyl groups excluding tert-OH is 1. The van der Waals surface area contributed by atoms with Gasteiger partial charge in [0.05, 0.1) is 6.61 Å². The molecule has 0 bridgehead atoms. The van der Waals surface area contributed by atoms with Crippen LogP contribution in [0.4, 0.5) is 0 Å². The van der Waals surface area contributed by atoms with E-state index in [1.807, 2.05) is 103 Å². The molecule has 4 aromatic carbocycles. The van der Waals surface area contributed by atoms with Gasteiger partial charge in [0.2, 0.25) is 5.90 Å². The van der Waals surface area contributed by atoms with Gasteiger partial charge in [-0.2, -0.15) is 0 Å². The summed E-state index contributed by atoms with van der Waals surface area (Å²) < 4.78 is 13.2. The molecule has 1 aliphatic heterocycles. The zero-order valence-electron chi connectivity index (χ0n) is 22.8. The van der Waals surface area contributed by atoms with Crippen LogP contribution >= 0.6 is 27.5 Å². The molecule has 5 rings (SSSR count). The summed E-state index contributed by atoms with van der Waals surface area (Å²) in [7, 11) is 0. The van der Waals surface area contributed by atoms with Crippen molar-refractivity contribution in [3.8, 4) is 5.75 Å². The smallest absolute Gasteiger partial charge is 0.266 e. The van der Waals surface area contributed by atoms with E-state index in [0.29, 0.717) is 42.7 Å². The molecule has 0 radical (unpaired) electrons. The van der Waals surface area contributed by atoms with Crippen LogP contribution in [-0.4, -0.2) is 35.7 Å². The Morgan fingerprint density at radius 3 is 2.36 bits per heavy atom. The van der Waals surface area contributed by atoms with E-state index in [9.17, 15) is 4.79 Å². The highest BCUT2D eigenvalue weighted by Crippen LogP contribution is 2.42. The fourth-order valence-electron chi connectivity index (χ4n) is 4.76. The molecule has 0 saturated heterocycles. The van der Waals surface area contributed by atoms with Crippen molar-refractivity contribution in [2.24, 2.45) is 4.99 Å². The zero-order valence-corrected chi connectivity index (χ0v) is 25.1. The van der Waals surface area contributed by atoms with Crippen molar-refractivity contribution >= 4 is 39.3 Å². The van der Waals surface area contributed by atoms with E-state index in [4.69, 9.17) is 31.2 Å². The van der Waals surface area contributed by atoms with Gasteiger partial charge in [0, 0.05) is 41.1 Å². The number of amides is 1. The standard InChI is InChI=1S/C33H31BrClN3O4/c34-27-13-9-25(10-14-27)30-33(21-23-5-2-1-3-6-23,32(40)38-36-22-24-7-15-28(35)16-8-24)37-31(42-30)26-11-17-29(18-12-26)41-20-4-19-39/h1-3,5-18,30,36,39H,4,19-22H2,(H,38,40)/t30-,33-/m0/s1. The highest BCUT2D eigenvalue weighted by molar-refractivity contribution is 9.10. The second kappa shape index (κ2) is 14.0. The molecule has 216 valence electrons. The summed E-state index contributed by atoms with van der Waals surface area (Å²) in [6, 6.07) is 32.4. The van der Waals surface area contributed by atoms with E-state index in [2.05, 4.69) is 26.8 Å². The Hall–Kier alpha value is -3.69. The van der Waals surface area contributed by atoms with Crippen molar-refractivity contribution in [1.29, 1.82) is 0 Å². The minimum atomic E-state index is -1.31. The van der Waals surface area contributed by atoms with Gasteiger partial charge in [-0.05, 0) is 65.2 Å². The zero-order chi connectivity index (χ0) is 29.4. The Bertz CT molecular complexity index is 1500. The van der Waals surface area contributed by atoms with Gasteiger partial charge in [-0.3, -0.25) is 10.2 Å². The fraction of sp³-hybridized carbons (Fsp3) is 0.212. The van der Waals surface area contributed by atoms with Gasteiger partial charge < -0.3 is 14.6 Å². The molecule has 2 atom stereocenters. The molecule has 1 heterocycles. The van der Waals surface area contributed by atoms with E-state index in [1.54, 1.807) is 0 Å². The van der Waals surface area contributed by atoms with E-state index in [1.165, 1.54) is 0 Å². The minimum Gasteiger partial charge on any atom is -0.494 e. The molecule has 0 aliphatic carbocycles. The van der Waals surface area contributed by atoms with Crippen molar-refractivity contribution in [1.82, 2.24) is 10.9 Å². The summed E-state index contributed by atoms with van der Waals surface area (Å²) >= 11 is 9.54. The Morgan fingerprint density at radius 2 is 1.67 bits per heavy atom. The maximum absolute atomic E-state index is 14.2. The number of carbonyl (C=O) groups is 1. The molecule has 9 heteroatoms. The lowest BCUT2D eigenvalue weighted by atomic mass is 9.82. The second-order valence-electron chi connectivity index (χ2n) is 9.94. The van der Waals surface area contributed by atoms with Crippen LogP contribution in [0.3, 0.4) is 0 Å². The topological polar surface area (TPSA) is 92.2 Å². The average Bonchev–Trinajstić information content (AvgIpc) is 3.40. The molecular formula is C33H31BrClN3O4. The lowest BCUT2D eigenvalue weighted by molar-refractivity contribution is -0.130. The monoisotopic (exact) mass is 647 g/mol. The molecule has 0 aromatic heterocycles. The van der Waals surface area contributed by atoms with Crippen LogP contribution in [0.2, 0.25) is 5.02 Å². The molecule has 7 nitrogen and oxygen atoms in total. The molecule has 1 amide bonds. The lowest BCUT2D eigenvalue weighted by Crippen LogP contribution is -2.53. The highest BCUT2D eigenvalue weighted by Gasteiger charge is 2.53. The predicted molar refractivity (Wildman–Crippen MR) is 167 cm³/mol. The van der Waals surface area contributed by atoms with Gasteiger partial charge in [0.1, 0.15) is 5.75 Å². The van der Waals surface area contributed by atoms with Gasteiger partial charge >= 0.3 is 0 Å². The Morgan fingerprint density at radius 1 is 0.952 bits per heavy atom. The van der Waals surface area contributed by atoms with Gasteiger partial charge in [-0.25, -0.2) is 10.4 Å². The van der Waals surface area contributed by atoms with Gasteiger partial charge in [-0.15, -0.1) is 0 Å². The number of carbonyl (C=O) groups excluding carboxylic acids is 1. The van der Waals surface area contributed by atoms with E-state index in [0.717, 1.165) is 26.7 Å². The fourth-order valence-corrected chi connectivity index (χ4v) is 5.15. The minimum absolute atomic E-state index is 0.0697. The van der Waals surface area contributed by atoms with Crippen molar-refractivity contribution in [3.63, 3.8) is 0 Å². The molecule has 1 aliphatic rings. The SMILES string of the molecule is O=C(NNCc1ccc(Cl)cc1)[C@@]1(Cc2ccccc2)N=C(c2ccc(OCCCO)cc2)O[C@H]1c1ccc(Br)cc1. The molecule has 0 spiro atoms. The number of ether oxygens (including phenoxy) is 2. The number of halogens is 2. The number of benzene rings is 4. The first kappa shape index (κ1) is 29.8. The van der Waals surface area contributed by atoms with E-state index in [-0.39, 0.29) is 12.5 Å². The van der Waals surface area contributed by atoms with Crippen molar-refractivity contribution < 1.29 is 19.4 Å². The van der Waals surface area contributed by atoms with Crippen molar-refractivity contribution in [2.75, 3.05) is 13.2 Å². The molecule has 4 aromatic rings. The number of aliphatic imine (C=N–C) groups is 1. The third-order valence-corrected chi connectivity index (χ3v) is 7.71. The van der Waals surface area contributed by atoms with Gasteiger partial charge in [0.15, 0.2) is 11.6 Å². The number of nitrogens with zero attached hydrogens (tertiary/aromatic N) is 1. The summed E-state index contributed by atoms with van der Waals surface area (Å²) in [5, 5.41) is 9.68. The first-order chi connectivity index (χ1) is 20.5. The first-order valence-corrected chi connectivity index (χ1v) is 14.8. The number of aliphatic hydroxyl groups is 1. The lowest BCUT2D eigenvalue weighted by Gasteiger charge is -2.31. The number of rotatable bonds is 12. The van der Waals surface area contributed by atoms with E-state index < -0.39 is 11.6 Å². The maximum atomic E-state index is 14.2. The third-order valence-electron chi connectivity index (χ3n) is 6.93.